The second-order valence-electron chi connectivity index (χ2n) is 5.14. The van der Waals surface area contributed by atoms with Crippen LogP contribution in [0.4, 0.5) is 0 Å². The topological polar surface area (TPSA) is 37.4 Å². The number of hydrogen-bond donors (Lipinski definition) is 0. The van der Waals surface area contributed by atoms with Gasteiger partial charge in [0.2, 0.25) is 5.91 Å². The average molecular weight is 280 g/mol. The molecule has 1 heterocycles. The average Bonchev–Trinajstić information content (AvgIpc) is 2.43. The van der Waals surface area contributed by atoms with Crippen LogP contribution in [0.3, 0.4) is 0 Å². The van der Waals surface area contributed by atoms with E-state index in [1.54, 1.807) is 0 Å². The quantitative estimate of drug-likeness (QED) is 0.629. The van der Waals surface area contributed by atoms with E-state index in [0.29, 0.717) is 11.5 Å². The molecule has 0 aromatic heterocycles. The van der Waals surface area contributed by atoms with Crippen molar-refractivity contribution in [3.05, 3.63) is 34.9 Å². The lowest BCUT2D eigenvalue weighted by Gasteiger charge is -2.25. The van der Waals surface area contributed by atoms with Gasteiger partial charge in [0, 0.05) is 12.6 Å². The number of rotatable bonds is 3. The highest BCUT2D eigenvalue weighted by molar-refractivity contribution is 6.21. The number of fused-ring (bicyclic) bond motifs is 1. The molecule has 0 saturated carbocycles. The molecule has 1 aromatic carbocycles. The minimum atomic E-state index is -0.235. The standard InChI is InChI=1S/C15H18ClNO2/c1-4-9(2)14(16)11-6-5-10-8-13(18)17(3)15(19)12(10)7-11/h5-7,9,14H,4,8H2,1-3H3. The first-order valence-electron chi connectivity index (χ1n) is 6.53. The molecule has 1 aromatic rings. The summed E-state index contributed by atoms with van der Waals surface area (Å²) in [6.07, 6.45) is 1.27. The summed E-state index contributed by atoms with van der Waals surface area (Å²) in [4.78, 5) is 24.9. The van der Waals surface area contributed by atoms with Crippen molar-refractivity contribution in [2.45, 2.75) is 32.1 Å². The lowest BCUT2D eigenvalue weighted by Crippen LogP contribution is -2.39. The van der Waals surface area contributed by atoms with Gasteiger partial charge in [0.05, 0.1) is 11.8 Å². The highest BCUT2D eigenvalue weighted by Gasteiger charge is 2.29. The van der Waals surface area contributed by atoms with Gasteiger partial charge in [0.1, 0.15) is 0 Å². The first-order valence-corrected chi connectivity index (χ1v) is 6.97. The summed E-state index contributed by atoms with van der Waals surface area (Å²) < 4.78 is 0. The van der Waals surface area contributed by atoms with Crippen molar-refractivity contribution < 1.29 is 9.59 Å². The monoisotopic (exact) mass is 279 g/mol. The zero-order chi connectivity index (χ0) is 14.2. The maximum Gasteiger partial charge on any atom is 0.260 e. The van der Waals surface area contributed by atoms with Gasteiger partial charge in [-0.25, -0.2) is 0 Å². The van der Waals surface area contributed by atoms with Crippen LogP contribution >= 0.6 is 11.6 Å². The van der Waals surface area contributed by atoms with Gasteiger partial charge in [-0.05, 0) is 23.1 Å². The lowest BCUT2D eigenvalue weighted by atomic mass is 9.92. The summed E-state index contributed by atoms with van der Waals surface area (Å²) in [5, 5.41) is -0.106. The van der Waals surface area contributed by atoms with Crippen molar-refractivity contribution in [1.82, 2.24) is 4.90 Å². The van der Waals surface area contributed by atoms with Gasteiger partial charge in [-0.1, -0.05) is 32.4 Å². The van der Waals surface area contributed by atoms with Crippen LogP contribution in [-0.4, -0.2) is 23.8 Å². The van der Waals surface area contributed by atoms with Gasteiger partial charge in [-0.3, -0.25) is 14.5 Å². The molecule has 0 spiro atoms. The molecule has 1 aliphatic rings. The summed E-state index contributed by atoms with van der Waals surface area (Å²) >= 11 is 6.42. The molecule has 2 atom stereocenters. The zero-order valence-electron chi connectivity index (χ0n) is 11.4. The molecule has 0 radical (unpaired) electrons. The van der Waals surface area contributed by atoms with Gasteiger partial charge in [-0.2, -0.15) is 0 Å². The fourth-order valence-corrected chi connectivity index (χ4v) is 2.54. The predicted molar refractivity (Wildman–Crippen MR) is 75.3 cm³/mol. The SMILES string of the molecule is CCC(C)C(Cl)c1ccc2c(c1)C(=O)N(C)C(=O)C2. The van der Waals surface area contributed by atoms with Gasteiger partial charge in [0.25, 0.3) is 5.91 Å². The Balaban J connectivity index is 2.39. The third-order valence-electron chi connectivity index (χ3n) is 3.85. The highest BCUT2D eigenvalue weighted by atomic mass is 35.5. The lowest BCUT2D eigenvalue weighted by molar-refractivity contribution is -0.127. The second kappa shape index (κ2) is 5.33. The second-order valence-corrected chi connectivity index (χ2v) is 5.61. The van der Waals surface area contributed by atoms with E-state index in [2.05, 4.69) is 13.8 Å². The molecule has 2 amide bonds. The molecule has 3 nitrogen and oxygen atoms in total. The number of benzene rings is 1. The molecule has 19 heavy (non-hydrogen) atoms. The summed E-state index contributed by atoms with van der Waals surface area (Å²) in [5.41, 5.74) is 2.35. The largest absolute Gasteiger partial charge is 0.281 e. The number of halogens is 1. The van der Waals surface area contributed by atoms with Crippen molar-refractivity contribution in [2.75, 3.05) is 7.05 Å². The first-order chi connectivity index (χ1) is 8.95. The van der Waals surface area contributed by atoms with Crippen molar-refractivity contribution in [3.63, 3.8) is 0 Å². The summed E-state index contributed by atoms with van der Waals surface area (Å²) in [7, 11) is 1.52. The van der Waals surface area contributed by atoms with Gasteiger partial charge < -0.3 is 0 Å². The number of amides is 2. The third-order valence-corrected chi connectivity index (χ3v) is 4.53. The van der Waals surface area contributed by atoms with E-state index in [-0.39, 0.29) is 23.6 Å². The van der Waals surface area contributed by atoms with Crippen molar-refractivity contribution in [1.29, 1.82) is 0 Å². The van der Waals surface area contributed by atoms with E-state index < -0.39 is 0 Å². The van der Waals surface area contributed by atoms with E-state index >= 15 is 0 Å². The Morgan fingerprint density at radius 3 is 2.68 bits per heavy atom. The van der Waals surface area contributed by atoms with Crippen molar-refractivity contribution >= 4 is 23.4 Å². The smallest absolute Gasteiger partial charge is 0.260 e. The Morgan fingerprint density at radius 1 is 1.37 bits per heavy atom. The zero-order valence-corrected chi connectivity index (χ0v) is 12.2. The Kier molecular flexibility index (Phi) is 3.95. The molecular weight excluding hydrogens is 262 g/mol. The fraction of sp³-hybridized carbons (Fsp3) is 0.467. The number of hydrogen-bond acceptors (Lipinski definition) is 2. The number of imide groups is 1. The van der Waals surface area contributed by atoms with Crippen molar-refractivity contribution in [3.8, 4) is 0 Å². The summed E-state index contributed by atoms with van der Waals surface area (Å²) in [6, 6.07) is 5.62. The molecule has 1 aliphatic heterocycles. The molecule has 0 aliphatic carbocycles. The third kappa shape index (κ3) is 2.52. The van der Waals surface area contributed by atoms with Crippen LogP contribution in [0.25, 0.3) is 0 Å². The Morgan fingerprint density at radius 2 is 2.05 bits per heavy atom. The van der Waals surface area contributed by atoms with Gasteiger partial charge >= 0.3 is 0 Å². The first kappa shape index (κ1) is 14.1. The summed E-state index contributed by atoms with van der Waals surface area (Å²) in [5.74, 6) is -0.0477. The molecule has 2 rings (SSSR count). The maximum atomic E-state index is 12.1. The Hall–Kier alpha value is -1.35. The molecule has 0 fully saturated rings. The molecule has 0 N–H and O–H groups in total. The molecule has 0 saturated heterocycles. The number of alkyl halides is 1. The minimum Gasteiger partial charge on any atom is -0.281 e. The normalized spacial score (nSPS) is 18.2. The van der Waals surface area contributed by atoms with Crippen LogP contribution in [0, 0.1) is 5.92 Å². The number of likely N-dealkylation sites (N-methyl/N-ethyl adjacent to an activating group) is 1. The van der Waals surface area contributed by atoms with Crippen molar-refractivity contribution in [2.24, 2.45) is 5.92 Å². The van der Waals surface area contributed by atoms with Crippen LogP contribution in [0.2, 0.25) is 0 Å². The van der Waals surface area contributed by atoms with Gasteiger partial charge in [-0.15, -0.1) is 11.6 Å². The maximum absolute atomic E-state index is 12.1. The number of carbonyl (C=O) groups excluding carboxylic acids is 2. The molecule has 0 bridgehead atoms. The molecular formula is C15H18ClNO2. The molecule has 4 heteroatoms. The molecule has 2 unspecified atom stereocenters. The van der Waals surface area contributed by atoms with Crippen LogP contribution in [0.1, 0.15) is 47.1 Å². The number of nitrogens with zero attached hydrogens (tertiary/aromatic N) is 1. The summed E-state index contributed by atoms with van der Waals surface area (Å²) in [6.45, 7) is 4.19. The predicted octanol–water partition coefficient (Wildman–Crippen LogP) is 3.17. The van der Waals surface area contributed by atoms with Crippen LogP contribution in [-0.2, 0) is 11.2 Å². The fourth-order valence-electron chi connectivity index (χ4n) is 2.23. The number of carbonyl (C=O) groups is 2. The van der Waals surface area contributed by atoms with Gasteiger partial charge in [0.15, 0.2) is 0 Å². The Bertz CT molecular complexity index is 527. The van der Waals surface area contributed by atoms with E-state index in [9.17, 15) is 9.59 Å². The van der Waals surface area contributed by atoms with Crippen LogP contribution in [0.15, 0.2) is 18.2 Å². The minimum absolute atomic E-state index is 0.106. The van der Waals surface area contributed by atoms with Crippen LogP contribution in [0.5, 0.6) is 0 Å². The molecule has 102 valence electrons. The van der Waals surface area contributed by atoms with E-state index in [4.69, 9.17) is 11.6 Å². The Labute approximate surface area is 118 Å². The highest BCUT2D eigenvalue weighted by Crippen LogP contribution is 2.33. The van der Waals surface area contributed by atoms with Crippen LogP contribution < -0.4 is 0 Å². The van der Waals surface area contributed by atoms with E-state index in [0.717, 1.165) is 17.5 Å². The van der Waals surface area contributed by atoms with E-state index in [1.165, 1.54) is 11.9 Å². The van der Waals surface area contributed by atoms with E-state index in [1.807, 2.05) is 18.2 Å².